The van der Waals surface area contributed by atoms with Gasteiger partial charge in [-0.1, -0.05) is 11.6 Å². The van der Waals surface area contributed by atoms with Crippen molar-refractivity contribution in [2.24, 2.45) is 0 Å². The van der Waals surface area contributed by atoms with Crippen molar-refractivity contribution in [1.29, 1.82) is 0 Å². The zero-order valence-corrected chi connectivity index (χ0v) is 12.4. The molecule has 22 heavy (non-hydrogen) atoms. The van der Waals surface area contributed by atoms with E-state index in [0.29, 0.717) is 21.8 Å². The van der Waals surface area contributed by atoms with E-state index < -0.39 is 0 Å². The van der Waals surface area contributed by atoms with Crippen molar-refractivity contribution in [3.8, 4) is 0 Å². The molecule has 2 amide bonds. The second-order valence-electron chi connectivity index (χ2n) is 5.17. The van der Waals surface area contributed by atoms with Crippen LogP contribution in [0.4, 0.5) is 5.69 Å². The SMILES string of the molecule is O=C(Nc1ccc(Cl)cc1)c1cncc(C(=O)NC2CC2)c1. The van der Waals surface area contributed by atoms with E-state index >= 15 is 0 Å². The third kappa shape index (κ3) is 3.62. The maximum absolute atomic E-state index is 12.2. The number of hydrogen-bond donors (Lipinski definition) is 2. The van der Waals surface area contributed by atoms with Crippen molar-refractivity contribution in [3.63, 3.8) is 0 Å². The molecule has 6 heteroatoms. The fraction of sp³-hybridized carbons (Fsp3) is 0.188. The fourth-order valence-electron chi connectivity index (χ4n) is 1.92. The highest BCUT2D eigenvalue weighted by molar-refractivity contribution is 6.30. The number of amides is 2. The van der Waals surface area contributed by atoms with Crippen LogP contribution >= 0.6 is 11.6 Å². The Balaban J connectivity index is 1.71. The Hall–Kier alpha value is -2.40. The van der Waals surface area contributed by atoms with Gasteiger partial charge in [0.2, 0.25) is 0 Å². The minimum atomic E-state index is -0.323. The normalized spacial score (nSPS) is 13.5. The molecule has 1 saturated carbocycles. The molecule has 1 heterocycles. The van der Waals surface area contributed by atoms with Crippen LogP contribution in [0.1, 0.15) is 33.6 Å². The van der Waals surface area contributed by atoms with E-state index in [1.165, 1.54) is 18.5 Å². The Kier molecular flexibility index (Phi) is 4.06. The molecule has 0 spiro atoms. The smallest absolute Gasteiger partial charge is 0.257 e. The van der Waals surface area contributed by atoms with E-state index in [-0.39, 0.29) is 17.9 Å². The van der Waals surface area contributed by atoms with Crippen molar-refractivity contribution < 1.29 is 9.59 Å². The highest BCUT2D eigenvalue weighted by atomic mass is 35.5. The van der Waals surface area contributed by atoms with Gasteiger partial charge >= 0.3 is 0 Å². The van der Waals surface area contributed by atoms with E-state index in [0.717, 1.165) is 12.8 Å². The van der Waals surface area contributed by atoms with E-state index in [2.05, 4.69) is 15.6 Å². The van der Waals surface area contributed by atoms with E-state index in [1.54, 1.807) is 24.3 Å². The first-order valence-electron chi connectivity index (χ1n) is 6.94. The van der Waals surface area contributed by atoms with Crippen molar-refractivity contribution in [1.82, 2.24) is 10.3 Å². The van der Waals surface area contributed by atoms with Crippen LogP contribution in [0.25, 0.3) is 0 Å². The van der Waals surface area contributed by atoms with Gasteiger partial charge in [-0.3, -0.25) is 14.6 Å². The van der Waals surface area contributed by atoms with Crippen LogP contribution in [0.2, 0.25) is 5.02 Å². The Bertz CT molecular complexity index is 712. The van der Waals surface area contributed by atoms with Crippen molar-refractivity contribution in [3.05, 3.63) is 58.9 Å². The first kappa shape index (κ1) is 14.5. The highest BCUT2D eigenvalue weighted by Crippen LogP contribution is 2.19. The van der Waals surface area contributed by atoms with Crippen LogP contribution in [0.15, 0.2) is 42.7 Å². The summed E-state index contributed by atoms with van der Waals surface area (Å²) < 4.78 is 0. The molecule has 0 atom stereocenters. The summed E-state index contributed by atoms with van der Waals surface area (Å²) in [6.07, 6.45) is 4.90. The number of carbonyl (C=O) groups excluding carboxylic acids is 2. The van der Waals surface area contributed by atoms with E-state index in [4.69, 9.17) is 11.6 Å². The van der Waals surface area contributed by atoms with Crippen LogP contribution in [-0.4, -0.2) is 22.8 Å². The van der Waals surface area contributed by atoms with Crippen LogP contribution in [0.5, 0.6) is 0 Å². The predicted octanol–water partition coefficient (Wildman–Crippen LogP) is 2.88. The number of nitrogens with zero attached hydrogens (tertiary/aromatic N) is 1. The van der Waals surface area contributed by atoms with Crippen LogP contribution in [0, 0.1) is 0 Å². The lowest BCUT2D eigenvalue weighted by atomic mass is 10.2. The number of aromatic nitrogens is 1. The number of halogens is 1. The zero-order chi connectivity index (χ0) is 15.5. The molecule has 1 aromatic carbocycles. The fourth-order valence-corrected chi connectivity index (χ4v) is 2.05. The van der Waals surface area contributed by atoms with Gasteiger partial charge in [-0.15, -0.1) is 0 Å². The van der Waals surface area contributed by atoms with Gasteiger partial charge in [0.15, 0.2) is 0 Å². The zero-order valence-electron chi connectivity index (χ0n) is 11.7. The van der Waals surface area contributed by atoms with Gasteiger partial charge in [0.1, 0.15) is 0 Å². The average molecular weight is 316 g/mol. The lowest BCUT2D eigenvalue weighted by Gasteiger charge is -2.07. The molecule has 2 N–H and O–H groups in total. The molecular weight excluding hydrogens is 302 g/mol. The molecule has 112 valence electrons. The Morgan fingerprint density at radius 1 is 1.05 bits per heavy atom. The van der Waals surface area contributed by atoms with E-state index in [9.17, 15) is 9.59 Å². The molecule has 1 fully saturated rings. The first-order chi connectivity index (χ1) is 10.6. The minimum absolute atomic E-state index is 0.198. The van der Waals surface area contributed by atoms with Crippen molar-refractivity contribution in [2.75, 3.05) is 5.32 Å². The molecule has 0 saturated heterocycles. The lowest BCUT2D eigenvalue weighted by Crippen LogP contribution is -2.26. The largest absolute Gasteiger partial charge is 0.349 e. The number of benzene rings is 1. The second kappa shape index (κ2) is 6.15. The summed E-state index contributed by atoms with van der Waals surface area (Å²) in [4.78, 5) is 28.1. The van der Waals surface area contributed by atoms with Gasteiger partial charge in [0.05, 0.1) is 11.1 Å². The molecule has 0 bridgehead atoms. The van der Waals surface area contributed by atoms with Gasteiger partial charge in [-0.25, -0.2) is 0 Å². The summed E-state index contributed by atoms with van der Waals surface area (Å²) in [5.41, 5.74) is 1.34. The molecule has 0 aliphatic heterocycles. The molecule has 1 aromatic heterocycles. The van der Waals surface area contributed by atoms with Crippen molar-refractivity contribution in [2.45, 2.75) is 18.9 Å². The topological polar surface area (TPSA) is 71.1 Å². The summed E-state index contributed by atoms with van der Waals surface area (Å²) in [5, 5.41) is 6.20. The molecule has 5 nitrogen and oxygen atoms in total. The number of hydrogen-bond acceptors (Lipinski definition) is 3. The maximum Gasteiger partial charge on any atom is 0.257 e. The summed E-state index contributed by atoms with van der Waals surface area (Å²) in [7, 11) is 0. The lowest BCUT2D eigenvalue weighted by molar-refractivity contribution is 0.0950. The number of pyridine rings is 1. The molecule has 1 aliphatic carbocycles. The predicted molar refractivity (Wildman–Crippen MR) is 84.1 cm³/mol. The summed E-state index contributed by atoms with van der Waals surface area (Å²) in [6, 6.07) is 8.59. The second-order valence-corrected chi connectivity index (χ2v) is 5.61. The Labute approximate surface area is 132 Å². The molecule has 0 radical (unpaired) electrons. The molecule has 2 aromatic rings. The molecular formula is C16H14ClN3O2. The van der Waals surface area contributed by atoms with Crippen LogP contribution < -0.4 is 10.6 Å². The average Bonchev–Trinajstić information content (AvgIpc) is 3.33. The Morgan fingerprint density at radius 2 is 1.68 bits per heavy atom. The number of nitrogens with one attached hydrogen (secondary N) is 2. The monoisotopic (exact) mass is 315 g/mol. The Morgan fingerprint density at radius 3 is 2.32 bits per heavy atom. The van der Waals surface area contributed by atoms with Gasteiger partial charge in [-0.05, 0) is 43.2 Å². The summed E-state index contributed by atoms with van der Waals surface area (Å²) >= 11 is 5.80. The molecule has 1 aliphatic rings. The third-order valence-electron chi connectivity index (χ3n) is 3.28. The van der Waals surface area contributed by atoms with E-state index in [1.807, 2.05) is 0 Å². The number of carbonyl (C=O) groups is 2. The standard InChI is InChI=1S/C16H14ClN3O2/c17-12-1-3-13(4-2-12)19-15(21)10-7-11(9-18-8-10)16(22)20-14-5-6-14/h1-4,7-9,14H,5-6H2,(H,19,21)(H,20,22). The first-order valence-corrected chi connectivity index (χ1v) is 7.32. The van der Waals surface area contributed by atoms with Crippen molar-refractivity contribution >= 4 is 29.1 Å². The quantitative estimate of drug-likeness (QED) is 0.911. The summed E-state index contributed by atoms with van der Waals surface area (Å²) in [6.45, 7) is 0. The summed E-state index contributed by atoms with van der Waals surface area (Å²) in [5.74, 6) is -0.521. The van der Waals surface area contributed by atoms with Gasteiger partial charge in [0, 0.05) is 29.1 Å². The number of rotatable bonds is 4. The highest BCUT2D eigenvalue weighted by Gasteiger charge is 2.24. The van der Waals surface area contributed by atoms with Gasteiger partial charge in [0.25, 0.3) is 11.8 Å². The minimum Gasteiger partial charge on any atom is -0.349 e. The molecule has 0 unspecified atom stereocenters. The molecule has 3 rings (SSSR count). The van der Waals surface area contributed by atoms with Gasteiger partial charge < -0.3 is 10.6 Å². The van der Waals surface area contributed by atoms with Crippen LogP contribution in [-0.2, 0) is 0 Å². The van der Waals surface area contributed by atoms with Crippen LogP contribution in [0.3, 0.4) is 0 Å². The maximum atomic E-state index is 12.2. The third-order valence-corrected chi connectivity index (χ3v) is 3.53. The van der Waals surface area contributed by atoms with Gasteiger partial charge in [-0.2, -0.15) is 0 Å². The number of anilines is 1.